The van der Waals surface area contributed by atoms with Gasteiger partial charge in [0.05, 0.1) is 5.69 Å². The average Bonchev–Trinajstić information content (AvgIpc) is 2.08. The summed E-state index contributed by atoms with van der Waals surface area (Å²) < 4.78 is 24.9. The Bertz CT molecular complexity index is 318. The molecular weight excluding hydrogens is 221 g/mol. The van der Waals surface area contributed by atoms with Gasteiger partial charge in [-0.25, -0.2) is 13.8 Å². The Kier molecular flexibility index (Phi) is 3.27. The first-order valence-corrected chi connectivity index (χ1v) is 4.26. The zero-order valence-electron chi connectivity index (χ0n) is 6.40. The molecule has 13 heavy (non-hydrogen) atoms. The van der Waals surface area contributed by atoms with E-state index in [9.17, 15) is 8.78 Å². The summed E-state index contributed by atoms with van der Waals surface area (Å²) in [5.41, 5.74) is 5.01. The van der Waals surface area contributed by atoms with Gasteiger partial charge in [0.2, 0.25) is 0 Å². The Hall–Kier alpha value is -0.610. The number of alkyl halides is 3. The van der Waals surface area contributed by atoms with Gasteiger partial charge in [0.25, 0.3) is 6.43 Å². The molecule has 0 bridgehead atoms. The Morgan fingerprint density at radius 1 is 1.54 bits per heavy atom. The maximum absolute atomic E-state index is 12.4. The molecule has 0 aliphatic heterocycles. The average molecular weight is 227 g/mol. The van der Waals surface area contributed by atoms with E-state index in [0.717, 1.165) is 0 Å². The number of anilines is 1. The van der Waals surface area contributed by atoms with Crippen molar-refractivity contribution in [3.63, 3.8) is 0 Å². The summed E-state index contributed by atoms with van der Waals surface area (Å²) in [4.78, 5) is 3.62. The molecule has 1 rings (SSSR count). The van der Waals surface area contributed by atoms with Gasteiger partial charge in [-0.3, -0.25) is 0 Å². The van der Waals surface area contributed by atoms with Crippen molar-refractivity contribution in [3.05, 3.63) is 22.5 Å². The monoisotopic (exact) mass is 226 g/mol. The normalized spacial score (nSPS) is 10.8. The lowest BCUT2D eigenvalue weighted by Gasteiger charge is -2.09. The molecule has 0 spiro atoms. The molecule has 0 atom stereocenters. The summed E-state index contributed by atoms with van der Waals surface area (Å²) in [5, 5.41) is -0.121. The number of hydrogen-bond acceptors (Lipinski definition) is 2. The number of aromatic nitrogens is 1. The summed E-state index contributed by atoms with van der Waals surface area (Å²) in [6.45, 7) is 0. The molecule has 0 radical (unpaired) electrons. The van der Waals surface area contributed by atoms with Crippen molar-refractivity contribution in [1.82, 2.24) is 4.98 Å². The van der Waals surface area contributed by atoms with E-state index in [1.54, 1.807) is 0 Å². The van der Waals surface area contributed by atoms with E-state index in [-0.39, 0.29) is 27.8 Å². The Morgan fingerprint density at radius 2 is 2.15 bits per heavy atom. The van der Waals surface area contributed by atoms with E-state index in [1.807, 2.05) is 0 Å². The van der Waals surface area contributed by atoms with Gasteiger partial charge >= 0.3 is 0 Å². The molecule has 1 aromatic rings. The second-order valence-electron chi connectivity index (χ2n) is 2.34. The van der Waals surface area contributed by atoms with Crippen molar-refractivity contribution >= 4 is 28.9 Å². The van der Waals surface area contributed by atoms with Crippen LogP contribution in [0.1, 0.15) is 17.6 Å². The Morgan fingerprint density at radius 3 is 2.62 bits per heavy atom. The highest BCUT2D eigenvalue weighted by Gasteiger charge is 2.18. The van der Waals surface area contributed by atoms with Gasteiger partial charge in [0.15, 0.2) is 5.15 Å². The molecule has 1 heterocycles. The number of nitrogen functional groups attached to an aromatic ring is 1. The molecule has 0 aromatic carbocycles. The van der Waals surface area contributed by atoms with Crippen LogP contribution in [0.25, 0.3) is 0 Å². The Labute approximate surface area is 83.7 Å². The summed E-state index contributed by atoms with van der Waals surface area (Å²) in [6.07, 6.45) is -1.48. The molecule has 6 heteroatoms. The summed E-state index contributed by atoms with van der Waals surface area (Å²) >= 11 is 10.9. The number of nitrogens with two attached hydrogens (primary N) is 1. The highest BCUT2D eigenvalue weighted by atomic mass is 35.5. The molecule has 0 saturated carbocycles. The molecule has 2 N–H and O–H groups in total. The molecule has 0 aliphatic carbocycles. The third-order valence-corrected chi connectivity index (χ3v) is 2.14. The van der Waals surface area contributed by atoms with Crippen LogP contribution in [0.4, 0.5) is 14.5 Å². The van der Waals surface area contributed by atoms with Crippen molar-refractivity contribution < 1.29 is 8.78 Å². The first-order valence-electron chi connectivity index (χ1n) is 3.34. The Balaban J connectivity index is 3.32. The lowest BCUT2D eigenvalue weighted by molar-refractivity contribution is 0.151. The highest BCUT2D eigenvalue weighted by Crippen LogP contribution is 2.32. The predicted molar refractivity (Wildman–Crippen MR) is 48.2 cm³/mol. The third kappa shape index (κ3) is 2.00. The highest BCUT2D eigenvalue weighted by molar-refractivity contribution is 6.32. The van der Waals surface area contributed by atoms with Crippen molar-refractivity contribution in [1.29, 1.82) is 0 Å². The van der Waals surface area contributed by atoms with Crippen LogP contribution in [0, 0.1) is 0 Å². The number of nitrogens with zero attached hydrogens (tertiary/aromatic N) is 1. The van der Waals surface area contributed by atoms with Crippen LogP contribution in [-0.2, 0) is 5.88 Å². The minimum absolute atomic E-state index is 0.0615. The van der Waals surface area contributed by atoms with E-state index < -0.39 is 6.43 Å². The van der Waals surface area contributed by atoms with E-state index >= 15 is 0 Å². The number of rotatable bonds is 2. The molecule has 0 amide bonds. The van der Waals surface area contributed by atoms with E-state index in [0.29, 0.717) is 0 Å². The fourth-order valence-corrected chi connectivity index (χ4v) is 1.29. The van der Waals surface area contributed by atoms with E-state index in [2.05, 4.69) is 4.98 Å². The van der Waals surface area contributed by atoms with Crippen LogP contribution < -0.4 is 5.73 Å². The van der Waals surface area contributed by atoms with Crippen molar-refractivity contribution in [2.75, 3.05) is 5.73 Å². The quantitative estimate of drug-likeness (QED) is 0.622. The molecule has 0 aliphatic rings. The molecule has 0 saturated heterocycles. The molecular formula is C7H6Cl2F2N2. The lowest BCUT2D eigenvalue weighted by atomic mass is 10.1. The van der Waals surface area contributed by atoms with Gasteiger partial charge < -0.3 is 5.73 Å². The summed E-state index contributed by atoms with van der Waals surface area (Å²) in [7, 11) is 0. The topological polar surface area (TPSA) is 38.9 Å². The van der Waals surface area contributed by atoms with Gasteiger partial charge in [-0.15, -0.1) is 11.6 Å². The maximum atomic E-state index is 12.4. The second kappa shape index (κ2) is 4.07. The lowest BCUT2D eigenvalue weighted by Crippen LogP contribution is -2.02. The van der Waals surface area contributed by atoms with Crippen LogP contribution >= 0.6 is 23.2 Å². The van der Waals surface area contributed by atoms with Crippen LogP contribution in [0.3, 0.4) is 0 Å². The minimum atomic E-state index is -2.69. The minimum Gasteiger partial charge on any atom is -0.396 e. The fourth-order valence-electron chi connectivity index (χ4n) is 0.922. The SMILES string of the molecule is Nc1c(Cl)ncc(CCl)c1C(F)F. The van der Waals surface area contributed by atoms with Gasteiger partial charge in [-0.05, 0) is 5.56 Å². The fraction of sp³-hybridized carbons (Fsp3) is 0.286. The van der Waals surface area contributed by atoms with Gasteiger partial charge in [0, 0.05) is 17.6 Å². The first kappa shape index (κ1) is 10.5. The predicted octanol–water partition coefficient (Wildman–Crippen LogP) is 2.99. The standard InChI is InChI=1S/C7H6Cl2F2N2/c8-1-3-2-13-6(9)5(12)4(3)7(10)11/h2,7H,1,12H2. The van der Waals surface area contributed by atoms with Gasteiger partial charge in [-0.2, -0.15) is 0 Å². The van der Waals surface area contributed by atoms with Gasteiger partial charge in [0.1, 0.15) is 0 Å². The van der Waals surface area contributed by atoms with Crippen molar-refractivity contribution in [3.8, 4) is 0 Å². The number of hydrogen-bond donors (Lipinski definition) is 1. The molecule has 72 valence electrons. The van der Waals surface area contributed by atoms with Crippen molar-refractivity contribution in [2.45, 2.75) is 12.3 Å². The molecule has 0 unspecified atom stereocenters. The number of pyridine rings is 1. The zero-order valence-corrected chi connectivity index (χ0v) is 7.91. The maximum Gasteiger partial charge on any atom is 0.266 e. The molecule has 1 aromatic heterocycles. The first-order chi connectivity index (χ1) is 6.07. The molecule has 0 fully saturated rings. The van der Waals surface area contributed by atoms with Crippen molar-refractivity contribution in [2.24, 2.45) is 0 Å². The van der Waals surface area contributed by atoms with Crippen LogP contribution in [0.15, 0.2) is 6.20 Å². The second-order valence-corrected chi connectivity index (χ2v) is 2.96. The number of halogens is 4. The van der Waals surface area contributed by atoms with Crippen LogP contribution in [0.5, 0.6) is 0 Å². The smallest absolute Gasteiger partial charge is 0.266 e. The zero-order chi connectivity index (χ0) is 10.0. The third-order valence-electron chi connectivity index (χ3n) is 1.55. The summed E-state index contributed by atoms with van der Waals surface area (Å²) in [5.74, 6) is -0.0615. The van der Waals surface area contributed by atoms with Gasteiger partial charge in [-0.1, -0.05) is 11.6 Å². The largest absolute Gasteiger partial charge is 0.396 e. The van der Waals surface area contributed by atoms with E-state index in [4.69, 9.17) is 28.9 Å². The van der Waals surface area contributed by atoms with Crippen LogP contribution in [0.2, 0.25) is 5.15 Å². The summed E-state index contributed by atoms with van der Waals surface area (Å²) in [6, 6.07) is 0. The molecule has 2 nitrogen and oxygen atoms in total. The van der Waals surface area contributed by atoms with Crippen LogP contribution in [-0.4, -0.2) is 4.98 Å². The van der Waals surface area contributed by atoms with E-state index in [1.165, 1.54) is 6.20 Å².